The predicted octanol–water partition coefficient (Wildman–Crippen LogP) is 2.07. The molecule has 0 aliphatic rings. The molecule has 2 N–H and O–H groups in total. The number of aromatic nitrogens is 2. The summed E-state index contributed by atoms with van der Waals surface area (Å²) in [5.74, 6) is 1.07. The number of rotatable bonds is 10. The maximum Gasteiger partial charge on any atom is 0.231 e. The quantitative estimate of drug-likeness (QED) is 0.494. The standard InChI is InChI=1S/C22H26N4O4/c1-26(2)22(28)12-21-25-19(15-30-21)16-5-7-18(8-6-16)29-11-10-24-14-20(27)17-4-3-9-23-13-17/h3-9,13,15,20,24,27H,10-12,14H2,1-2H3. The number of aliphatic hydroxyl groups is 1. The predicted molar refractivity (Wildman–Crippen MR) is 112 cm³/mol. The minimum Gasteiger partial charge on any atom is -0.492 e. The summed E-state index contributed by atoms with van der Waals surface area (Å²) >= 11 is 0. The number of carbonyl (C=O) groups is 1. The van der Waals surface area contributed by atoms with Crippen molar-refractivity contribution in [2.75, 3.05) is 33.8 Å². The first-order valence-corrected chi connectivity index (χ1v) is 9.69. The number of benzene rings is 1. The fourth-order valence-electron chi connectivity index (χ4n) is 2.70. The second-order valence-corrected chi connectivity index (χ2v) is 6.97. The van der Waals surface area contributed by atoms with Crippen LogP contribution in [0.1, 0.15) is 17.6 Å². The van der Waals surface area contributed by atoms with Crippen molar-refractivity contribution < 1.29 is 19.1 Å². The molecule has 3 aromatic rings. The number of pyridine rings is 1. The Labute approximate surface area is 175 Å². The normalized spacial score (nSPS) is 11.8. The van der Waals surface area contributed by atoms with Crippen molar-refractivity contribution in [1.82, 2.24) is 20.2 Å². The van der Waals surface area contributed by atoms with E-state index in [0.29, 0.717) is 31.3 Å². The van der Waals surface area contributed by atoms with Crippen LogP contribution in [0.3, 0.4) is 0 Å². The number of nitrogens with zero attached hydrogens (tertiary/aromatic N) is 3. The zero-order chi connectivity index (χ0) is 21.3. The first-order valence-electron chi connectivity index (χ1n) is 9.69. The molecule has 8 nitrogen and oxygen atoms in total. The lowest BCUT2D eigenvalue weighted by atomic mass is 10.1. The van der Waals surface area contributed by atoms with Crippen molar-refractivity contribution in [3.63, 3.8) is 0 Å². The van der Waals surface area contributed by atoms with E-state index in [4.69, 9.17) is 9.15 Å². The Morgan fingerprint density at radius 2 is 2.07 bits per heavy atom. The molecule has 0 saturated carbocycles. The summed E-state index contributed by atoms with van der Waals surface area (Å²) in [4.78, 5) is 21.6. The van der Waals surface area contributed by atoms with Crippen LogP contribution in [0.2, 0.25) is 0 Å². The van der Waals surface area contributed by atoms with Crippen LogP contribution in [0, 0.1) is 0 Å². The summed E-state index contributed by atoms with van der Waals surface area (Å²) in [6, 6.07) is 11.1. The van der Waals surface area contributed by atoms with Crippen molar-refractivity contribution in [2.24, 2.45) is 0 Å². The molecule has 8 heteroatoms. The number of oxazole rings is 1. The molecule has 30 heavy (non-hydrogen) atoms. The molecule has 0 radical (unpaired) electrons. The third kappa shape index (κ3) is 6.13. The molecule has 1 aromatic carbocycles. The average Bonchev–Trinajstić information content (AvgIpc) is 3.22. The maximum atomic E-state index is 11.7. The lowest BCUT2D eigenvalue weighted by Gasteiger charge is -2.12. The van der Waals surface area contributed by atoms with E-state index in [1.165, 1.54) is 4.90 Å². The Morgan fingerprint density at radius 3 is 2.77 bits per heavy atom. The van der Waals surface area contributed by atoms with Crippen LogP contribution >= 0.6 is 0 Å². The van der Waals surface area contributed by atoms with Crippen molar-refractivity contribution in [3.05, 3.63) is 66.5 Å². The summed E-state index contributed by atoms with van der Waals surface area (Å²) < 4.78 is 11.1. The van der Waals surface area contributed by atoms with Gasteiger partial charge in [0.15, 0.2) is 0 Å². The number of carbonyl (C=O) groups excluding carboxylic acids is 1. The first-order chi connectivity index (χ1) is 14.5. The van der Waals surface area contributed by atoms with Crippen molar-refractivity contribution in [2.45, 2.75) is 12.5 Å². The lowest BCUT2D eigenvalue weighted by Crippen LogP contribution is -2.26. The van der Waals surface area contributed by atoms with Gasteiger partial charge in [-0.15, -0.1) is 0 Å². The number of hydrogen-bond donors (Lipinski definition) is 2. The minimum absolute atomic E-state index is 0.0614. The number of hydrogen-bond acceptors (Lipinski definition) is 7. The molecule has 3 rings (SSSR count). The molecule has 0 bridgehead atoms. The maximum absolute atomic E-state index is 11.7. The Kier molecular flexibility index (Phi) is 7.53. The van der Waals surface area contributed by atoms with Gasteiger partial charge in [0, 0.05) is 50.7 Å². The van der Waals surface area contributed by atoms with E-state index in [1.807, 2.05) is 30.3 Å². The van der Waals surface area contributed by atoms with Gasteiger partial charge in [0.1, 0.15) is 30.7 Å². The van der Waals surface area contributed by atoms with Gasteiger partial charge >= 0.3 is 0 Å². The largest absolute Gasteiger partial charge is 0.492 e. The summed E-state index contributed by atoms with van der Waals surface area (Å²) in [5.41, 5.74) is 2.34. The number of ether oxygens (including phenoxy) is 1. The van der Waals surface area contributed by atoms with E-state index in [1.54, 1.807) is 38.8 Å². The second kappa shape index (κ2) is 10.5. The first kappa shape index (κ1) is 21.5. The smallest absolute Gasteiger partial charge is 0.231 e. The van der Waals surface area contributed by atoms with Crippen molar-refractivity contribution in [3.8, 4) is 17.0 Å². The molecule has 2 heterocycles. The van der Waals surface area contributed by atoms with Gasteiger partial charge in [-0.1, -0.05) is 6.07 Å². The van der Waals surface area contributed by atoms with Gasteiger partial charge in [-0.3, -0.25) is 9.78 Å². The number of nitrogens with one attached hydrogen (secondary N) is 1. The van der Waals surface area contributed by atoms with E-state index in [-0.39, 0.29) is 12.3 Å². The van der Waals surface area contributed by atoms with Crippen LogP contribution in [0.15, 0.2) is 59.5 Å². The zero-order valence-corrected chi connectivity index (χ0v) is 17.1. The second-order valence-electron chi connectivity index (χ2n) is 6.97. The van der Waals surface area contributed by atoms with E-state index in [0.717, 1.165) is 16.9 Å². The average molecular weight is 410 g/mol. The topological polar surface area (TPSA) is 101 Å². The molecule has 0 fully saturated rings. The van der Waals surface area contributed by atoms with Gasteiger partial charge in [-0.25, -0.2) is 4.98 Å². The molecule has 0 spiro atoms. The molecule has 0 aliphatic heterocycles. The fourth-order valence-corrected chi connectivity index (χ4v) is 2.70. The third-order valence-corrected chi connectivity index (χ3v) is 4.46. The van der Waals surface area contributed by atoms with Crippen LogP contribution in [0.5, 0.6) is 5.75 Å². The molecule has 1 amide bonds. The monoisotopic (exact) mass is 410 g/mol. The molecule has 1 atom stereocenters. The lowest BCUT2D eigenvalue weighted by molar-refractivity contribution is -0.128. The summed E-state index contributed by atoms with van der Waals surface area (Å²) in [6.45, 7) is 1.50. The molecule has 0 saturated heterocycles. The zero-order valence-electron chi connectivity index (χ0n) is 17.1. The Morgan fingerprint density at radius 1 is 1.27 bits per heavy atom. The van der Waals surface area contributed by atoms with Crippen LogP contribution in [0.25, 0.3) is 11.3 Å². The summed E-state index contributed by atoms with van der Waals surface area (Å²) in [7, 11) is 3.40. The van der Waals surface area contributed by atoms with Crippen LogP contribution in [-0.2, 0) is 11.2 Å². The van der Waals surface area contributed by atoms with Gasteiger partial charge in [-0.2, -0.15) is 0 Å². The highest BCUT2D eigenvalue weighted by molar-refractivity contribution is 5.77. The van der Waals surface area contributed by atoms with Crippen molar-refractivity contribution in [1.29, 1.82) is 0 Å². The third-order valence-electron chi connectivity index (χ3n) is 4.46. The molecule has 0 aliphatic carbocycles. The van der Waals surface area contributed by atoms with Crippen LogP contribution in [0.4, 0.5) is 0 Å². The van der Waals surface area contributed by atoms with Crippen molar-refractivity contribution >= 4 is 5.91 Å². The Bertz CT molecular complexity index is 926. The van der Waals surface area contributed by atoms with Gasteiger partial charge in [0.2, 0.25) is 11.8 Å². The van der Waals surface area contributed by atoms with Gasteiger partial charge in [0.25, 0.3) is 0 Å². The van der Waals surface area contributed by atoms with Gasteiger partial charge in [0.05, 0.1) is 6.10 Å². The molecule has 158 valence electrons. The number of aliphatic hydroxyl groups excluding tert-OH is 1. The summed E-state index contributed by atoms with van der Waals surface area (Å²) in [6.07, 6.45) is 4.42. The Hall–Kier alpha value is -3.23. The summed E-state index contributed by atoms with van der Waals surface area (Å²) in [5, 5.41) is 13.2. The highest BCUT2D eigenvalue weighted by atomic mass is 16.5. The highest BCUT2D eigenvalue weighted by Crippen LogP contribution is 2.22. The molecular formula is C22H26N4O4. The SMILES string of the molecule is CN(C)C(=O)Cc1nc(-c2ccc(OCCNCC(O)c3cccnc3)cc2)co1. The van der Waals surface area contributed by atoms with Gasteiger partial charge < -0.3 is 24.5 Å². The van der Waals surface area contributed by atoms with E-state index in [9.17, 15) is 9.90 Å². The van der Waals surface area contributed by atoms with Crippen LogP contribution < -0.4 is 10.1 Å². The molecule has 1 unspecified atom stereocenters. The van der Waals surface area contributed by atoms with E-state index in [2.05, 4.69) is 15.3 Å². The van der Waals surface area contributed by atoms with E-state index >= 15 is 0 Å². The number of amides is 1. The number of likely N-dealkylation sites (N-methyl/N-ethyl adjacent to an activating group) is 1. The van der Waals surface area contributed by atoms with Crippen LogP contribution in [-0.4, -0.2) is 59.7 Å². The Balaban J connectivity index is 1.41. The molecule has 2 aromatic heterocycles. The molecular weight excluding hydrogens is 384 g/mol. The highest BCUT2D eigenvalue weighted by Gasteiger charge is 2.12. The fraction of sp³-hybridized carbons (Fsp3) is 0.318. The minimum atomic E-state index is -0.599. The van der Waals surface area contributed by atoms with E-state index < -0.39 is 6.10 Å². The van der Waals surface area contributed by atoms with Gasteiger partial charge in [-0.05, 0) is 30.3 Å².